The Balaban J connectivity index is 1.45. The fourth-order valence-electron chi connectivity index (χ4n) is 3.20. The first kappa shape index (κ1) is 18.6. The molecule has 2 aromatic rings. The molecule has 0 bridgehead atoms. The lowest BCUT2D eigenvalue weighted by Crippen LogP contribution is -3.15. The highest BCUT2D eigenvalue weighted by molar-refractivity contribution is 5.94. The largest absolute Gasteiger partial charge is 0.327 e. The number of rotatable bonds is 5. The lowest BCUT2D eigenvalue weighted by atomic mass is 10.1. The van der Waals surface area contributed by atoms with E-state index in [1.54, 1.807) is 0 Å². The number of nitrogens with one attached hydrogen (secondary N) is 2. The Kier molecular flexibility index (Phi) is 6.18. The van der Waals surface area contributed by atoms with Crippen molar-refractivity contribution in [2.45, 2.75) is 6.42 Å². The molecule has 27 heavy (non-hydrogen) atoms. The molecule has 0 unspecified atom stereocenters. The highest BCUT2D eigenvalue weighted by atomic mass is 16.2. The van der Waals surface area contributed by atoms with E-state index in [2.05, 4.69) is 11.4 Å². The Labute approximate surface area is 159 Å². The van der Waals surface area contributed by atoms with Crippen molar-refractivity contribution in [3.05, 3.63) is 65.7 Å². The van der Waals surface area contributed by atoms with E-state index in [0.29, 0.717) is 31.6 Å². The van der Waals surface area contributed by atoms with Crippen molar-refractivity contribution < 1.29 is 14.5 Å². The third-order valence-corrected chi connectivity index (χ3v) is 4.71. The molecule has 0 saturated carbocycles. The molecule has 0 atom stereocenters. The molecular weight excluding hydrogens is 340 g/mol. The van der Waals surface area contributed by atoms with Gasteiger partial charge in [0.2, 0.25) is 0 Å². The average molecular weight is 363 g/mol. The van der Waals surface area contributed by atoms with E-state index in [1.807, 2.05) is 59.5 Å². The average Bonchev–Trinajstić information content (AvgIpc) is 2.70. The summed E-state index contributed by atoms with van der Waals surface area (Å²) in [6, 6.07) is 18.7. The first-order valence-corrected chi connectivity index (χ1v) is 9.09. The molecule has 0 aliphatic carbocycles. The molecule has 1 aliphatic heterocycles. The smallest absolute Gasteiger partial charge is 0.279 e. The number of hydrogen-bond acceptors (Lipinski definition) is 3. The number of quaternary nitrogens is 1. The summed E-state index contributed by atoms with van der Waals surface area (Å²) in [6.07, 6.45) is 0.365. The van der Waals surface area contributed by atoms with Gasteiger partial charge < -0.3 is 15.1 Å². The molecule has 6 nitrogen and oxygen atoms in total. The van der Waals surface area contributed by atoms with Crippen LogP contribution in [0.3, 0.4) is 0 Å². The molecule has 3 rings (SSSR count). The molecule has 2 aromatic carbocycles. The highest BCUT2D eigenvalue weighted by Gasteiger charge is 2.25. The Morgan fingerprint density at radius 2 is 1.70 bits per heavy atom. The second-order valence-electron chi connectivity index (χ2n) is 6.66. The second kappa shape index (κ2) is 8.97. The van der Waals surface area contributed by atoms with Crippen LogP contribution in [0.15, 0.2) is 54.6 Å². The summed E-state index contributed by atoms with van der Waals surface area (Å²) in [5.74, 6) is 0.0115. The summed E-state index contributed by atoms with van der Waals surface area (Å²) >= 11 is 0. The molecule has 1 saturated heterocycles. The van der Waals surface area contributed by atoms with Crippen molar-refractivity contribution in [2.75, 3.05) is 38.0 Å². The van der Waals surface area contributed by atoms with Crippen molar-refractivity contribution in [1.82, 2.24) is 4.90 Å². The predicted molar refractivity (Wildman–Crippen MR) is 102 cm³/mol. The first-order chi connectivity index (χ1) is 13.2. The SMILES string of the molecule is N#CCc1ccc(NC(=O)C[NH+]2CCN(C(=O)c3ccccc3)CC2)cc1. The van der Waals surface area contributed by atoms with E-state index in [9.17, 15) is 9.59 Å². The molecule has 1 fully saturated rings. The van der Waals surface area contributed by atoms with Crippen molar-refractivity contribution >= 4 is 17.5 Å². The van der Waals surface area contributed by atoms with Crippen molar-refractivity contribution in [1.29, 1.82) is 5.26 Å². The molecule has 138 valence electrons. The molecule has 0 radical (unpaired) electrons. The topological polar surface area (TPSA) is 77.6 Å². The highest BCUT2D eigenvalue weighted by Crippen LogP contribution is 2.09. The number of piperazine rings is 1. The van der Waals surface area contributed by atoms with Crippen LogP contribution in [-0.2, 0) is 11.2 Å². The zero-order valence-corrected chi connectivity index (χ0v) is 15.1. The van der Waals surface area contributed by atoms with Crippen molar-refractivity contribution in [3.8, 4) is 6.07 Å². The minimum atomic E-state index is -0.0409. The summed E-state index contributed by atoms with van der Waals surface area (Å²) in [6.45, 7) is 3.20. The van der Waals surface area contributed by atoms with Crippen molar-refractivity contribution in [3.63, 3.8) is 0 Å². The molecule has 0 aromatic heterocycles. The second-order valence-corrected chi connectivity index (χ2v) is 6.66. The maximum Gasteiger partial charge on any atom is 0.279 e. The van der Waals surface area contributed by atoms with Gasteiger partial charge in [0.05, 0.1) is 38.7 Å². The van der Waals surface area contributed by atoms with Crippen LogP contribution in [0.25, 0.3) is 0 Å². The summed E-state index contributed by atoms with van der Waals surface area (Å²) in [7, 11) is 0. The minimum absolute atomic E-state index is 0.0409. The molecule has 2 amide bonds. The van der Waals surface area contributed by atoms with Gasteiger partial charge in [-0.25, -0.2) is 0 Å². The van der Waals surface area contributed by atoms with Crippen LogP contribution in [0.5, 0.6) is 0 Å². The zero-order chi connectivity index (χ0) is 19.1. The Morgan fingerprint density at radius 1 is 1.04 bits per heavy atom. The third-order valence-electron chi connectivity index (χ3n) is 4.71. The monoisotopic (exact) mass is 363 g/mol. The van der Waals surface area contributed by atoms with Crippen LogP contribution >= 0.6 is 0 Å². The Bertz CT molecular complexity index is 820. The standard InChI is InChI=1S/C21H22N4O2/c22-11-10-17-6-8-19(9-7-17)23-20(26)16-24-12-14-25(15-13-24)21(27)18-4-2-1-3-5-18/h1-9H,10,12-16H2,(H,23,26)/p+1. The number of carbonyl (C=O) groups is 2. The summed E-state index contributed by atoms with van der Waals surface area (Å²) in [5.41, 5.74) is 2.37. The first-order valence-electron chi connectivity index (χ1n) is 9.09. The van der Waals surface area contributed by atoms with Gasteiger partial charge in [-0.3, -0.25) is 9.59 Å². The summed E-state index contributed by atoms with van der Waals surface area (Å²) in [5, 5.41) is 11.6. The molecule has 6 heteroatoms. The van der Waals surface area contributed by atoms with Gasteiger partial charge in [0.15, 0.2) is 6.54 Å². The number of nitrogens with zero attached hydrogens (tertiary/aromatic N) is 2. The van der Waals surface area contributed by atoms with E-state index in [1.165, 1.54) is 4.90 Å². The van der Waals surface area contributed by atoms with Crippen LogP contribution in [-0.4, -0.2) is 49.4 Å². The fourth-order valence-corrected chi connectivity index (χ4v) is 3.20. The zero-order valence-electron chi connectivity index (χ0n) is 15.1. The van der Waals surface area contributed by atoms with E-state index < -0.39 is 0 Å². The Hall–Kier alpha value is -3.17. The van der Waals surface area contributed by atoms with Crippen molar-refractivity contribution in [2.24, 2.45) is 0 Å². The van der Waals surface area contributed by atoms with Crippen LogP contribution in [0.2, 0.25) is 0 Å². The number of hydrogen-bond donors (Lipinski definition) is 2. The number of benzene rings is 2. The number of carbonyl (C=O) groups excluding carboxylic acids is 2. The molecular formula is C21H23N4O2+. The maximum atomic E-state index is 12.5. The normalized spacial score (nSPS) is 14.4. The molecule has 0 spiro atoms. The fraction of sp³-hybridized carbons (Fsp3) is 0.286. The van der Waals surface area contributed by atoms with Gasteiger partial charge >= 0.3 is 0 Å². The van der Waals surface area contributed by atoms with Gasteiger partial charge in [-0.1, -0.05) is 30.3 Å². The summed E-state index contributed by atoms with van der Waals surface area (Å²) < 4.78 is 0. The van der Waals surface area contributed by atoms with Crippen LogP contribution in [0.1, 0.15) is 15.9 Å². The van der Waals surface area contributed by atoms with Crippen LogP contribution in [0, 0.1) is 11.3 Å². The van der Waals surface area contributed by atoms with Gasteiger partial charge in [-0.15, -0.1) is 0 Å². The van der Waals surface area contributed by atoms with Gasteiger partial charge in [-0.2, -0.15) is 5.26 Å². The minimum Gasteiger partial charge on any atom is -0.327 e. The van der Waals surface area contributed by atoms with E-state index in [4.69, 9.17) is 5.26 Å². The van der Waals surface area contributed by atoms with Gasteiger partial charge in [0.25, 0.3) is 11.8 Å². The van der Waals surface area contributed by atoms with Crippen LogP contribution in [0.4, 0.5) is 5.69 Å². The van der Waals surface area contributed by atoms with Gasteiger partial charge in [0.1, 0.15) is 0 Å². The third kappa shape index (κ3) is 5.16. The van der Waals surface area contributed by atoms with E-state index >= 15 is 0 Å². The van der Waals surface area contributed by atoms with Gasteiger partial charge in [0, 0.05) is 11.3 Å². The van der Waals surface area contributed by atoms with E-state index in [0.717, 1.165) is 24.3 Å². The Morgan fingerprint density at radius 3 is 2.33 bits per heavy atom. The lowest BCUT2D eigenvalue weighted by Gasteiger charge is -2.32. The maximum absolute atomic E-state index is 12.5. The molecule has 1 aliphatic rings. The summed E-state index contributed by atoms with van der Waals surface area (Å²) in [4.78, 5) is 27.7. The number of amides is 2. The lowest BCUT2D eigenvalue weighted by molar-refractivity contribution is -0.895. The van der Waals surface area contributed by atoms with Gasteiger partial charge in [-0.05, 0) is 29.8 Å². The molecule has 2 N–H and O–H groups in total. The number of nitriles is 1. The molecule has 1 heterocycles. The quantitative estimate of drug-likeness (QED) is 0.822. The van der Waals surface area contributed by atoms with E-state index in [-0.39, 0.29) is 11.8 Å². The van der Waals surface area contributed by atoms with Crippen LogP contribution < -0.4 is 10.2 Å². The number of anilines is 1. The predicted octanol–water partition coefficient (Wildman–Crippen LogP) is 0.732.